The SMILES string of the molecule is CCCOCC(=O)NC(C(=O)O)c1ccc(OC)cc1. The van der Waals surface area contributed by atoms with E-state index in [-0.39, 0.29) is 6.61 Å². The van der Waals surface area contributed by atoms with E-state index in [1.807, 2.05) is 6.92 Å². The van der Waals surface area contributed by atoms with Crippen LogP contribution < -0.4 is 10.1 Å². The van der Waals surface area contributed by atoms with Crippen molar-refractivity contribution in [3.8, 4) is 5.75 Å². The summed E-state index contributed by atoms with van der Waals surface area (Å²) in [5.41, 5.74) is 0.474. The van der Waals surface area contributed by atoms with E-state index in [1.165, 1.54) is 7.11 Å². The number of rotatable bonds is 8. The third-order valence-electron chi connectivity index (χ3n) is 2.58. The molecule has 110 valence electrons. The number of benzene rings is 1. The molecule has 0 bridgehead atoms. The molecule has 6 nitrogen and oxygen atoms in total. The molecule has 1 amide bonds. The van der Waals surface area contributed by atoms with Crippen LogP contribution >= 0.6 is 0 Å². The molecule has 0 aliphatic heterocycles. The maximum Gasteiger partial charge on any atom is 0.330 e. The normalized spacial score (nSPS) is 11.7. The lowest BCUT2D eigenvalue weighted by Crippen LogP contribution is -2.36. The zero-order valence-electron chi connectivity index (χ0n) is 11.6. The Bertz CT molecular complexity index is 443. The summed E-state index contributed by atoms with van der Waals surface area (Å²) in [6, 6.07) is 5.39. The van der Waals surface area contributed by atoms with Crippen LogP contribution in [0.4, 0.5) is 0 Å². The minimum Gasteiger partial charge on any atom is -0.497 e. The van der Waals surface area contributed by atoms with Gasteiger partial charge in [0.05, 0.1) is 7.11 Å². The molecule has 0 spiro atoms. The Kier molecular flexibility index (Phi) is 6.52. The molecule has 1 rings (SSSR count). The average molecular weight is 281 g/mol. The lowest BCUT2D eigenvalue weighted by atomic mass is 10.1. The molecule has 0 saturated heterocycles. The van der Waals surface area contributed by atoms with Crippen LogP contribution in [-0.4, -0.2) is 37.3 Å². The molecule has 0 aromatic heterocycles. The third kappa shape index (κ3) is 4.89. The summed E-state index contributed by atoms with van der Waals surface area (Å²) in [5, 5.41) is 11.6. The third-order valence-corrected chi connectivity index (χ3v) is 2.58. The first-order chi connectivity index (χ1) is 9.58. The summed E-state index contributed by atoms with van der Waals surface area (Å²) in [5.74, 6) is -0.962. The number of carbonyl (C=O) groups excluding carboxylic acids is 1. The van der Waals surface area contributed by atoms with Crippen molar-refractivity contribution in [3.05, 3.63) is 29.8 Å². The van der Waals surface area contributed by atoms with E-state index in [1.54, 1.807) is 24.3 Å². The van der Waals surface area contributed by atoms with Gasteiger partial charge in [0.1, 0.15) is 12.4 Å². The molecule has 0 aliphatic carbocycles. The maximum absolute atomic E-state index is 11.6. The minimum absolute atomic E-state index is 0.145. The van der Waals surface area contributed by atoms with Crippen molar-refractivity contribution >= 4 is 11.9 Å². The summed E-state index contributed by atoms with van der Waals surface area (Å²) in [4.78, 5) is 22.8. The molecule has 6 heteroatoms. The highest BCUT2D eigenvalue weighted by Gasteiger charge is 2.21. The highest BCUT2D eigenvalue weighted by atomic mass is 16.5. The molecule has 0 heterocycles. The maximum atomic E-state index is 11.6. The molecule has 0 radical (unpaired) electrons. The van der Waals surface area contributed by atoms with E-state index in [9.17, 15) is 14.7 Å². The Balaban J connectivity index is 2.68. The largest absolute Gasteiger partial charge is 0.497 e. The number of hydrogen-bond donors (Lipinski definition) is 2. The predicted octanol–water partition coefficient (Wildman–Crippen LogP) is 1.36. The van der Waals surface area contributed by atoms with E-state index in [0.29, 0.717) is 17.9 Å². The van der Waals surface area contributed by atoms with Gasteiger partial charge in [0.25, 0.3) is 0 Å². The Labute approximate surface area is 117 Å². The number of carboxylic acid groups (broad SMARTS) is 1. The number of hydrogen-bond acceptors (Lipinski definition) is 4. The Morgan fingerprint density at radius 2 is 1.95 bits per heavy atom. The summed E-state index contributed by atoms with van der Waals surface area (Å²) in [7, 11) is 1.52. The second-order valence-electron chi connectivity index (χ2n) is 4.16. The van der Waals surface area contributed by atoms with Gasteiger partial charge in [0.15, 0.2) is 6.04 Å². The molecule has 1 atom stereocenters. The first kappa shape index (κ1) is 16.0. The first-order valence-electron chi connectivity index (χ1n) is 6.32. The lowest BCUT2D eigenvalue weighted by molar-refractivity contribution is -0.142. The molecule has 1 aromatic rings. The van der Waals surface area contributed by atoms with Crippen LogP contribution in [0.25, 0.3) is 0 Å². The molecule has 20 heavy (non-hydrogen) atoms. The highest BCUT2D eigenvalue weighted by molar-refractivity contribution is 5.85. The van der Waals surface area contributed by atoms with Crippen LogP contribution in [0.3, 0.4) is 0 Å². The summed E-state index contributed by atoms with van der Waals surface area (Å²) in [6.07, 6.45) is 0.800. The summed E-state index contributed by atoms with van der Waals surface area (Å²) >= 11 is 0. The monoisotopic (exact) mass is 281 g/mol. The first-order valence-corrected chi connectivity index (χ1v) is 6.32. The second kappa shape index (κ2) is 8.16. The number of nitrogens with one attached hydrogen (secondary N) is 1. The second-order valence-corrected chi connectivity index (χ2v) is 4.16. The zero-order valence-corrected chi connectivity index (χ0v) is 11.6. The fourth-order valence-corrected chi connectivity index (χ4v) is 1.60. The van der Waals surface area contributed by atoms with Crippen molar-refractivity contribution in [1.29, 1.82) is 0 Å². The van der Waals surface area contributed by atoms with E-state index >= 15 is 0 Å². The van der Waals surface area contributed by atoms with Gasteiger partial charge >= 0.3 is 5.97 Å². The number of methoxy groups -OCH3 is 1. The van der Waals surface area contributed by atoms with Crippen molar-refractivity contribution < 1.29 is 24.2 Å². The lowest BCUT2D eigenvalue weighted by Gasteiger charge is -2.15. The van der Waals surface area contributed by atoms with E-state index < -0.39 is 17.9 Å². The van der Waals surface area contributed by atoms with Crippen LogP contribution in [0, 0.1) is 0 Å². The Morgan fingerprint density at radius 3 is 2.45 bits per heavy atom. The summed E-state index contributed by atoms with van der Waals surface area (Å²) in [6.45, 7) is 2.25. The molecule has 0 saturated carbocycles. The van der Waals surface area contributed by atoms with Crippen LogP contribution in [0.15, 0.2) is 24.3 Å². The topological polar surface area (TPSA) is 84.9 Å². The van der Waals surface area contributed by atoms with Crippen LogP contribution in [-0.2, 0) is 14.3 Å². The van der Waals surface area contributed by atoms with Gasteiger partial charge in [-0.2, -0.15) is 0 Å². The molecule has 1 aromatic carbocycles. The highest BCUT2D eigenvalue weighted by Crippen LogP contribution is 2.17. The fourth-order valence-electron chi connectivity index (χ4n) is 1.60. The van der Waals surface area contributed by atoms with Crippen molar-refractivity contribution in [2.24, 2.45) is 0 Å². The number of carbonyl (C=O) groups is 2. The zero-order chi connectivity index (χ0) is 15.0. The number of aliphatic carboxylic acids is 1. The van der Waals surface area contributed by atoms with Gasteiger partial charge in [-0.05, 0) is 24.1 Å². The van der Waals surface area contributed by atoms with Gasteiger partial charge < -0.3 is 19.9 Å². The fraction of sp³-hybridized carbons (Fsp3) is 0.429. The van der Waals surface area contributed by atoms with Crippen molar-refractivity contribution in [3.63, 3.8) is 0 Å². The smallest absolute Gasteiger partial charge is 0.330 e. The van der Waals surface area contributed by atoms with Crippen molar-refractivity contribution in [2.45, 2.75) is 19.4 Å². The van der Waals surface area contributed by atoms with Crippen LogP contribution in [0.2, 0.25) is 0 Å². The molecular weight excluding hydrogens is 262 g/mol. The van der Waals surface area contributed by atoms with Crippen LogP contribution in [0.1, 0.15) is 24.9 Å². The van der Waals surface area contributed by atoms with E-state index in [2.05, 4.69) is 5.32 Å². The predicted molar refractivity (Wildman–Crippen MR) is 72.6 cm³/mol. The summed E-state index contributed by atoms with van der Waals surface area (Å²) < 4.78 is 10.1. The quantitative estimate of drug-likeness (QED) is 0.703. The standard InChI is InChI=1S/C14H19NO5/c1-3-8-20-9-12(16)15-13(14(17)18)10-4-6-11(19-2)7-5-10/h4-7,13H,3,8-9H2,1-2H3,(H,15,16)(H,17,18). The van der Waals surface area contributed by atoms with Gasteiger partial charge in [-0.3, -0.25) is 4.79 Å². The average Bonchev–Trinajstić information content (AvgIpc) is 2.45. The van der Waals surface area contributed by atoms with E-state index in [4.69, 9.17) is 9.47 Å². The van der Waals surface area contributed by atoms with Crippen molar-refractivity contribution in [1.82, 2.24) is 5.32 Å². The molecule has 1 unspecified atom stereocenters. The van der Waals surface area contributed by atoms with Gasteiger partial charge in [0.2, 0.25) is 5.91 Å². The molecular formula is C14H19NO5. The number of carboxylic acids is 1. The van der Waals surface area contributed by atoms with Crippen molar-refractivity contribution in [2.75, 3.05) is 20.3 Å². The van der Waals surface area contributed by atoms with Gasteiger partial charge in [0, 0.05) is 6.61 Å². The number of amides is 1. The minimum atomic E-state index is -1.13. The van der Waals surface area contributed by atoms with Gasteiger partial charge in [-0.1, -0.05) is 19.1 Å². The number of ether oxygens (including phenoxy) is 2. The Hall–Kier alpha value is -2.08. The molecule has 2 N–H and O–H groups in total. The molecule has 0 fully saturated rings. The molecule has 0 aliphatic rings. The van der Waals surface area contributed by atoms with E-state index in [0.717, 1.165) is 6.42 Å². The Morgan fingerprint density at radius 1 is 1.30 bits per heavy atom. The van der Waals surface area contributed by atoms with Crippen LogP contribution in [0.5, 0.6) is 5.75 Å². The van der Waals surface area contributed by atoms with Gasteiger partial charge in [-0.25, -0.2) is 4.79 Å². The van der Waals surface area contributed by atoms with Gasteiger partial charge in [-0.15, -0.1) is 0 Å².